The molecule has 0 amide bonds. The molecule has 40 heavy (non-hydrogen) atoms. The number of ether oxygens (including phenoxy) is 4. The molecule has 1 aromatic carbocycles. The van der Waals surface area contributed by atoms with Gasteiger partial charge in [-0.25, -0.2) is 4.98 Å². The zero-order valence-corrected chi connectivity index (χ0v) is 25.4. The largest absolute Gasteiger partial charge is 0.616 e. The maximum atomic E-state index is 11.7. The first-order chi connectivity index (χ1) is 19.4. The fourth-order valence-electron chi connectivity index (χ4n) is 5.28. The number of nitrogens with zero attached hydrogens (tertiary/aromatic N) is 3. The number of aromatic nitrogens is 3. The third kappa shape index (κ3) is 5.84. The maximum absolute atomic E-state index is 11.7. The third-order valence-electron chi connectivity index (χ3n) is 7.58. The maximum Gasteiger partial charge on any atom is 0.301 e. The van der Waals surface area contributed by atoms with Crippen molar-refractivity contribution in [1.82, 2.24) is 14.5 Å². The minimum atomic E-state index is -0.752. The van der Waals surface area contributed by atoms with Crippen molar-refractivity contribution in [2.75, 3.05) is 31.3 Å². The molecule has 3 aromatic rings. The Morgan fingerprint density at radius 3 is 2.67 bits per heavy atom. The average Bonchev–Trinajstić information content (AvgIpc) is 3.61. The summed E-state index contributed by atoms with van der Waals surface area (Å²) in [5.74, 6) is 1.31. The van der Waals surface area contributed by atoms with Gasteiger partial charge in [-0.1, -0.05) is 49.0 Å². The zero-order chi connectivity index (χ0) is 27.8. The number of halogens is 1. The smallest absolute Gasteiger partial charge is 0.301 e. The molecule has 3 aliphatic rings. The Balaban J connectivity index is 1.30. The standard InChI is InChI=1S/C28H34ClN3O6SSi/c1-40(2)12-9-35-16-32-27-21(30-28(32)38-23-15-37-25-22(33)14-36-26(23)25)13-20(29)24(31-27)19-5-3-17(4-6-19)18-7-10-39(34)11-8-18/h3-7,13,22-23,25-26,33,40H,8-12,14-16H2,1-2H3/t22-,23-,25-,26-,39?/m1/s1. The number of imidazole rings is 1. The average molecular weight is 604 g/mol. The van der Waals surface area contributed by atoms with Gasteiger partial charge in [-0.3, -0.25) is 4.57 Å². The van der Waals surface area contributed by atoms with Gasteiger partial charge >= 0.3 is 6.01 Å². The SMILES string of the molecule is C[SiH](C)CCOCn1c(O[C@@H]2CO[C@H]3[C@@H]2OC[C@H]3O)nc2cc(Cl)c(-c3ccc(C4=CC[S+]([O-])CC4)cc3)nc21. The van der Waals surface area contributed by atoms with E-state index >= 15 is 0 Å². The molecular formula is C28H34ClN3O6SSi. The Kier molecular flexibility index (Phi) is 8.52. The highest BCUT2D eigenvalue weighted by Gasteiger charge is 2.49. The van der Waals surface area contributed by atoms with E-state index in [1.54, 1.807) is 6.07 Å². The van der Waals surface area contributed by atoms with Gasteiger partial charge in [-0.05, 0) is 40.5 Å². The first-order valence-electron chi connectivity index (χ1n) is 13.7. The predicted molar refractivity (Wildman–Crippen MR) is 158 cm³/mol. The Morgan fingerprint density at radius 1 is 1.15 bits per heavy atom. The van der Waals surface area contributed by atoms with Gasteiger partial charge in [0.2, 0.25) is 0 Å². The summed E-state index contributed by atoms with van der Waals surface area (Å²) < 4.78 is 37.4. The summed E-state index contributed by atoms with van der Waals surface area (Å²) in [6.45, 7) is 6.01. The molecule has 2 fully saturated rings. The summed E-state index contributed by atoms with van der Waals surface area (Å²) in [5, 5.41) is 10.6. The number of aliphatic hydroxyl groups is 1. The van der Waals surface area contributed by atoms with Crippen molar-refractivity contribution in [1.29, 1.82) is 0 Å². The first kappa shape index (κ1) is 28.2. The van der Waals surface area contributed by atoms with E-state index in [-0.39, 0.29) is 19.4 Å². The van der Waals surface area contributed by atoms with Gasteiger partial charge in [0, 0.05) is 27.4 Å². The van der Waals surface area contributed by atoms with Crippen LogP contribution in [0.5, 0.6) is 6.01 Å². The van der Waals surface area contributed by atoms with Crippen LogP contribution in [0.25, 0.3) is 28.0 Å². The molecule has 1 N–H and O–H groups in total. The van der Waals surface area contributed by atoms with Gasteiger partial charge in [0.05, 0.1) is 23.9 Å². The van der Waals surface area contributed by atoms with Gasteiger partial charge in [0.15, 0.2) is 11.8 Å². The van der Waals surface area contributed by atoms with Crippen molar-refractivity contribution < 1.29 is 28.6 Å². The Morgan fingerprint density at radius 2 is 1.93 bits per heavy atom. The van der Waals surface area contributed by atoms with Crippen LogP contribution in [0.4, 0.5) is 0 Å². The highest BCUT2D eigenvalue weighted by molar-refractivity contribution is 7.91. The lowest BCUT2D eigenvalue weighted by Crippen LogP contribution is -2.35. The van der Waals surface area contributed by atoms with E-state index in [1.165, 1.54) is 5.57 Å². The second-order valence-electron chi connectivity index (χ2n) is 10.9. The van der Waals surface area contributed by atoms with Crippen LogP contribution in [0, 0.1) is 0 Å². The summed E-state index contributed by atoms with van der Waals surface area (Å²) >= 11 is 5.98. The number of benzene rings is 1. The van der Waals surface area contributed by atoms with Gasteiger partial charge in [0.25, 0.3) is 0 Å². The number of allylic oxidation sites excluding steroid dienone is 1. The van der Waals surface area contributed by atoms with Crippen molar-refractivity contribution >= 4 is 48.3 Å². The molecule has 12 heteroatoms. The van der Waals surface area contributed by atoms with E-state index in [2.05, 4.69) is 31.3 Å². The normalized spacial score (nSPS) is 26.4. The molecule has 0 aliphatic carbocycles. The van der Waals surface area contributed by atoms with Crippen molar-refractivity contribution in [3.63, 3.8) is 0 Å². The molecule has 3 aliphatic heterocycles. The quantitative estimate of drug-likeness (QED) is 0.224. The number of aliphatic hydroxyl groups excluding tert-OH is 1. The van der Waals surface area contributed by atoms with Crippen LogP contribution in [0.1, 0.15) is 12.0 Å². The summed E-state index contributed by atoms with van der Waals surface area (Å²) in [4.78, 5) is 9.66. The summed E-state index contributed by atoms with van der Waals surface area (Å²) in [5.41, 5.74) is 5.09. The molecule has 5 atom stereocenters. The van der Waals surface area contributed by atoms with E-state index in [0.717, 1.165) is 23.6 Å². The summed E-state index contributed by atoms with van der Waals surface area (Å²) in [6.07, 6.45) is 1.06. The van der Waals surface area contributed by atoms with Crippen molar-refractivity contribution in [2.24, 2.45) is 0 Å². The summed E-state index contributed by atoms with van der Waals surface area (Å²) in [7, 11) is -0.752. The van der Waals surface area contributed by atoms with Crippen LogP contribution >= 0.6 is 11.6 Å². The number of hydrogen-bond donors (Lipinski definition) is 1. The lowest BCUT2D eigenvalue weighted by molar-refractivity contribution is 0.00337. The minimum Gasteiger partial charge on any atom is -0.616 e. The molecule has 2 aromatic heterocycles. The Bertz CT molecular complexity index is 1390. The van der Waals surface area contributed by atoms with E-state index in [0.29, 0.717) is 52.6 Å². The van der Waals surface area contributed by atoms with Crippen molar-refractivity contribution in [3.05, 3.63) is 47.0 Å². The van der Waals surface area contributed by atoms with Gasteiger partial charge in [-0.2, -0.15) is 4.98 Å². The van der Waals surface area contributed by atoms with Gasteiger partial charge in [0.1, 0.15) is 42.1 Å². The molecule has 2 saturated heterocycles. The molecular weight excluding hydrogens is 570 g/mol. The van der Waals surface area contributed by atoms with Gasteiger partial charge in [-0.15, -0.1) is 0 Å². The number of fused-ring (bicyclic) bond motifs is 2. The monoisotopic (exact) mass is 603 g/mol. The molecule has 1 unspecified atom stereocenters. The predicted octanol–water partition coefficient (Wildman–Crippen LogP) is 3.65. The Labute approximate surface area is 243 Å². The first-order valence-corrected chi connectivity index (χ1v) is 18.7. The fourth-order valence-corrected chi connectivity index (χ4v) is 7.17. The van der Waals surface area contributed by atoms with Gasteiger partial charge < -0.3 is 28.6 Å². The topological polar surface area (TPSA) is 111 Å². The van der Waals surface area contributed by atoms with Crippen LogP contribution in [0.15, 0.2) is 36.4 Å². The number of pyridine rings is 1. The lowest BCUT2D eigenvalue weighted by atomic mass is 10.0. The zero-order valence-electron chi connectivity index (χ0n) is 22.6. The van der Waals surface area contributed by atoms with Crippen molar-refractivity contribution in [3.8, 4) is 17.3 Å². The molecule has 214 valence electrons. The second kappa shape index (κ2) is 12.1. The molecule has 6 rings (SSSR count). The van der Waals surface area contributed by atoms with Crippen LogP contribution in [-0.2, 0) is 32.1 Å². The molecule has 0 bridgehead atoms. The second-order valence-corrected chi connectivity index (χ2v) is 16.3. The van der Waals surface area contributed by atoms with Crippen molar-refractivity contribution in [2.45, 2.75) is 56.7 Å². The molecule has 9 nitrogen and oxygen atoms in total. The molecule has 5 heterocycles. The number of rotatable bonds is 9. The van der Waals surface area contributed by atoms with E-state index in [9.17, 15) is 9.66 Å². The summed E-state index contributed by atoms with van der Waals surface area (Å²) in [6, 6.07) is 11.4. The minimum absolute atomic E-state index is 0.226. The van der Waals surface area contributed by atoms with E-state index in [1.807, 2.05) is 16.7 Å². The molecule has 0 saturated carbocycles. The van der Waals surface area contributed by atoms with E-state index < -0.39 is 38.3 Å². The van der Waals surface area contributed by atoms with Crippen LogP contribution < -0.4 is 4.74 Å². The van der Waals surface area contributed by atoms with Crippen LogP contribution in [0.3, 0.4) is 0 Å². The van der Waals surface area contributed by atoms with Crippen LogP contribution in [-0.4, -0.2) is 88.7 Å². The fraction of sp³-hybridized carbons (Fsp3) is 0.500. The molecule has 0 radical (unpaired) electrons. The number of hydrogen-bond acceptors (Lipinski definition) is 8. The highest BCUT2D eigenvalue weighted by Crippen LogP contribution is 2.34. The lowest BCUT2D eigenvalue weighted by Gasteiger charge is -2.18. The Hall–Kier alpha value is -1.96. The third-order valence-corrected chi connectivity index (χ3v) is 10.5. The highest BCUT2D eigenvalue weighted by atomic mass is 35.5. The van der Waals surface area contributed by atoms with Crippen LogP contribution in [0.2, 0.25) is 24.2 Å². The van der Waals surface area contributed by atoms with E-state index in [4.69, 9.17) is 40.5 Å². The molecule has 0 spiro atoms.